The van der Waals surface area contributed by atoms with Crippen LogP contribution in [0.4, 0.5) is 32.0 Å². The van der Waals surface area contributed by atoms with Crippen molar-refractivity contribution >= 4 is 5.69 Å². The summed E-state index contributed by atoms with van der Waals surface area (Å²) in [5.74, 6) is -1.03. The van der Waals surface area contributed by atoms with E-state index < -0.39 is 45.4 Å². The molecule has 0 radical (unpaired) electrons. The second-order valence-electron chi connectivity index (χ2n) is 4.72. The van der Waals surface area contributed by atoms with Crippen LogP contribution < -0.4 is 0 Å². The first-order valence-electron chi connectivity index (χ1n) is 6.14. The van der Waals surface area contributed by atoms with Gasteiger partial charge in [0.25, 0.3) is 5.60 Å². The third-order valence-electron chi connectivity index (χ3n) is 3.12. The third kappa shape index (κ3) is 3.19. The van der Waals surface area contributed by atoms with E-state index in [2.05, 4.69) is 0 Å². The van der Waals surface area contributed by atoms with Gasteiger partial charge in [-0.15, -0.1) is 0 Å². The molecule has 0 amide bonds. The lowest BCUT2D eigenvalue weighted by Crippen LogP contribution is -2.54. The number of nitro groups is 1. The van der Waals surface area contributed by atoms with Crippen molar-refractivity contribution in [2.75, 3.05) is 0 Å². The Labute approximate surface area is 125 Å². The molecule has 0 unspecified atom stereocenters. The summed E-state index contributed by atoms with van der Waals surface area (Å²) in [5, 5.41) is 29.6. The van der Waals surface area contributed by atoms with Gasteiger partial charge in [-0.1, -0.05) is 13.3 Å². The Kier molecular flexibility index (Phi) is 4.85. The van der Waals surface area contributed by atoms with Gasteiger partial charge in [0.2, 0.25) is 0 Å². The van der Waals surface area contributed by atoms with Crippen LogP contribution in [0.1, 0.15) is 24.5 Å². The summed E-state index contributed by atoms with van der Waals surface area (Å²) in [7, 11) is 0. The largest absolute Gasteiger partial charge is 0.502 e. The lowest BCUT2D eigenvalue weighted by atomic mass is 9.89. The fraction of sp³-hybridized carbons (Fsp3) is 0.500. The number of aryl methyl sites for hydroxylation is 1. The molecule has 1 aromatic rings. The van der Waals surface area contributed by atoms with Crippen LogP contribution in [0.3, 0.4) is 0 Å². The van der Waals surface area contributed by atoms with Gasteiger partial charge in [-0.25, -0.2) is 0 Å². The average Bonchev–Trinajstić information content (AvgIpc) is 2.37. The molecule has 2 N–H and O–H groups in total. The van der Waals surface area contributed by atoms with Gasteiger partial charge in [0.1, 0.15) is 0 Å². The average molecular weight is 347 g/mol. The van der Waals surface area contributed by atoms with Crippen LogP contribution in [0.2, 0.25) is 0 Å². The van der Waals surface area contributed by atoms with Crippen molar-refractivity contribution < 1.29 is 41.5 Å². The van der Waals surface area contributed by atoms with E-state index in [0.717, 1.165) is 0 Å². The Morgan fingerprint density at radius 2 is 1.61 bits per heavy atom. The van der Waals surface area contributed by atoms with Crippen molar-refractivity contribution in [1.82, 2.24) is 0 Å². The van der Waals surface area contributed by atoms with Gasteiger partial charge in [-0.3, -0.25) is 10.1 Å². The van der Waals surface area contributed by atoms with Crippen molar-refractivity contribution in [2.24, 2.45) is 0 Å². The molecule has 0 aliphatic heterocycles. The minimum Gasteiger partial charge on any atom is -0.502 e. The predicted molar refractivity (Wildman–Crippen MR) is 64.8 cm³/mol. The minimum atomic E-state index is -6.17. The van der Waals surface area contributed by atoms with Crippen molar-refractivity contribution in [2.45, 2.75) is 37.7 Å². The van der Waals surface area contributed by atoms with Crippen LogP contribution in [0, 0.1) is 10.1 Å². The number of aliphatic hydroxyl groups is 1. The quantitative estimate of drug-likeness (QED) is 0.496. The van der Waals surface area contributed by atoms with Crippen LogP contribution in [0.25, 0.3) is 0 Å². The first kappa shape index (κ1) is 19.0. The van der Waals surface area contributed by atoms with E-state index in [1.165, 1.54) is 6.92 Å². The van der Waals surface area contributed by atoms with Gasteiger partial charge in [-0.05, 0) is 12.5 Å². The minimum absolute atomic E-state index is 0.129. The Bertz CT molecular complexity index is 597. The van der Waals surface area contributed by atoms with E-state index >= 15 is 0 Å². The molecular weight excluding hydrogens is 336 g/mol. The molecule has 0 aromatic heterocycles. The lowest BCUT2D eigenvalue weighted by molar-refractivity contribution is -0.387. The molecule has 0 bridgehead atoms. The normalized spacial score (nSPS) is 13.2. The van der Waals surface area contributed by atoms with Crippen molar-refractivity contribution in [3.63, 3.8) is 0 Å². The smallest absolute Gasteiger partial charge is 0.430 e. The molecule has 23 heavy (non-hydrogen) atoms. The fourth-order valence-electron chi connectivity index (χ4n) is 1.97. The van der Waals surface area contributed by atoms with Crippen LogP contribution in [-0.2, 0) is 12.0 Å². The second kappa shape index (κ2) is 5.87. The van der Waals surface area contributed by atoms with E-state index in [4.69, 9.17) is 0 Å². The summed E-state index contributed by atoms with van der Waals surface area (Å²) in [5.41, 5.74) is -8.91. The molecule has 0 spiro atoms. The molecule has 0 heterocycles. The number of hydrogen-bond acceptors (Lipinski definition) is 4. The highest BCUT2D eigenvalue weighted by Gasteiger charge is 2.71. The van der Waals surface area contributed by atoms with Gasteiger partial charge < -0.3 is 10.2 Å². The molecule has 1 aromatic carbocycles. The van der Waals surface area contributed by atoms with E-state index in [1.54, 1.807) is 0 Å². The zero-order valence-electron chi connectivity index (χ0n) is 11.5. The Balaban J connectivity index is 3.78. The summed E-state index contributed by atoms with van der Waals surface area (Å²) < 4.78 is 77.0. The zero-order chi connectivity index (χ0) is 18.2. The number of aromatic hydroxyl groups is 1. The first-order chi connectivity index (χ1) is 10.3. The molecule has 11 heteroatoms. The van der Waals surface area contributed by atoms with Gasteiger partial charge >= 0.3 is 18.0 Å². The van der Waals surface area contributed by atoms with Gasteiger partial charge in [0, 0.05) is 17.2 Å². The topological polar surface area (TPSA) is 83.6 Å². The van der Waals surface area contributed by atoms with Crippen LogP contribution in [0.15, 0.2) is 12.1 Å². The molecular formula is C12H11F6NO4. The maximum Gasteiger partial charge on any atom is 0.430 e. The highest BCUT2D eigenvalue weighted by molar-refractivity contribution is 5.55. The number of nitrogens with zero attached hydrogens (tertiary/aromatic N) is 1. The molecule has 0 fully saturated rings. The Morgan fingerprint density at radius 3 is 1.96 bits per heavy atom. The van der Waals surface area contributed by atoms with Gasteiger partial charge in [-0.2, -0.15) is 26.3 Å². The van der Waals surface area contributed by atoms with Gasteiger partial charge in [0.05, 0.1) is 4.92 Å². The van der Waals surface area contributed by atoms with Crippen molar-refractivity contribution in [3.05, 3.63) is 33.4 Å². The fourth-order valence-corrected chi connectivity index (χ4v) is 1.97. The summed E-state index contributed by atoms with van der Waals surface area (Å²) >= 11 is 0. The van der Waals surface area contributed by atoms with E-state index in [-0.39, 0.29) is 25.0 Å². The maximum atomic E-state index is 12.8. The Hall–Kier alpha value is -2.04. The molecule has 0 atom stereocenters. The highest BCUT2D eigenvalue weighted by Crippen LogP contribution is 2.51. The molecule has 0 aliphatic rings. The molecule has 130 valence electrons. The van der Waals surface area contributed by atoms with Crippen LogP contribution in [0.5, 0.6) is 5.75 Å². The number of nitro benzene ring substituents is 1. The van der Waals surface area contributed by atoms with E-state index in [9.17, 15) is 46.7 Å². The standard InChI is InChI=1S/C12H11F6NO4/c1-2-3-6-4-7(5-8(9(6)20)19(22)23)10(21,11(13,14)15)12(16,17)18/h4-5,20-21H,2-3H2,1H3. The first-order valence-corrected chi connectivity index (χ1v) is 6.14. The second-order valence-corrected chi connectivity index (χ2v) is 4.72. The number of hydrogen-bond donors (Lipinski definition) is 2. The third-order valence-corrected chi connectivity index (χ3v) is 3.12. The maximum absolute atomic E-state index is 12.8. The number of phenolic OH excluding ortho intramolecular Hbond substituents is 1. The van der Waals surface area contributed by atoms with Crippen molar-refractivity contribution in [1.29, 1.82) is 0 Å². The number of benzene rings is 1. The summed E-state index contributed by atoms with van der Waals surface area (Å²) in [6.45, 7) is 1.50. The van der Waals surface area contributed by atoms with Crippen LogP contribution in [-0.4, -0.2) is 27.5 Å². The van der Waals surface area contributed by atoms with Crippen LogP contribution >= 0.6 is 0 Å². The molecule has 0 saturated heterocycles. The number of alkyl halides is 6. The monoisotopic (exact) mass is 347 g/mol. The van der Waals surface area contributed by atoms with Crippen molar-refractivity contribution in [3.8, 4) is 5.75 Å². The van der Waals surface area contributed by atoms with Gasteiger partial charge in [0.15, 0.2) is 5.75 Å². The molecule has 0 saturated carbocycles. The highest BCUT2D eigenvalue weighted by atomic mass is 19.4. The Morgan fingerprint density at radius 1 is 1.13 bits per heavy atom. The van der Waals surface area contributed by atoms with E-state index in [0.29, 0.717) is 0 Å². The molecule has 1 rings (SSSR count). The van der Waals surface area contributed by atoms with E-state index in [1.807, 2.05) is 0 Å². The number of halogens is 6. The molecule has 0 aliphatic carbocycles. The summed E-state index contributed by atoms with van der Waals surface area (Å²) in [6, 6.07) is 0.141. The molecule has 5 nitrogen and oxygen atoms in total. The zero-order valence-corrected chi connectivity index (χ0v) is 11.5. The number of rotatable bonds is 4. The predicted octanol–water partition coefficient (Wildman–Crippen LogP) is 3.57. The summed E-state index contributed by atoms with van der Waals surface area (Å²) in [4.78, 5) is 9.43. The lowest BCUT2D eigenvalue weighted by Gasteiger charge is -2.32. The number of phenols is 1. The SMILES string of the molecule is CCCc1cc(C(O)(C(F)(F)F)C(F)(F)F)cc([N+](=O)[O-])c1O. The summed E-state index contributed by atoms with van der Waals surface area (Å²) in [6.07, 6.45) is -12.4.